The van der Waals surface area contributed by atoms with Gasteiger partial charge in [0.1, 0.15) is 0 Å². The molecule has 0 spiro atoms. The van der Waals surface area contributed by atoms with Crippen LogP contribution in [0.2, 0.25) is 0 Å². The van der Waals surface area contributed by atoms with Gasteiger partial charge in [-0.15, -0.1) is 0 Å². The summed E-state index contributed by atoms with van der Waals surface area (Å²) in [5, 5.41) is 4.68. The van der Waals surface area contributed by atoms with Crippen LogP contribution in [0, 0.1) is 0 Å². The van der Waals surface area contributed by atoms with E-state index in [2.05, 4.69) is 31.0 Å². The molecule has 5 heteroatoms. The van der Waals surface area contributed by atoms with E-state index in [-0.39, 0.29) is 5.54 Å². The fourth-order valence-electron chi connectivity index (χ4n) is 2.22. The molecule has 18 heavy (non-hydrogen) atoms. The number of amidine groups is 1. The third-order valence-electron chi connectivity index (χ3n) is 3.68. The standard InChI is InChI=1S/C13H25N3OS/c1-4-13(3)10-18-12(15-13)14-11(2)9-16-5-7-17-8-6-16/h11H,4-10H2,1-3H3,(H,14,15). The van der Waals surface area contributed by atoms with E-state index in [9.17, 15) is 0 Å². The smallest absolute Gasteiger partial charge is 0.157 e. The lowest BCUT2D eigenvalue weighted by Gasteiger charge is -2.28. The molecular formula is C13H25N3OS. The molecule has 0 radical (unpaired) electrons. The molecule has 1 N–H and O–H groups in total. The number of thioether (sulfide) groups is 1. The topological polar surface area (TPSA) is 36.9 Å². The zero-order valence-corrected chi connectivity index (χ0v) is 12.6. The van der Waals surface area contributed by atoms with Crippen LogP contribution in [-0.4, -0.2) is 60.2 Å². The molecule has 4 nitrogen and oxygen atoms in total. The minimum absolute atomic E-state index is 0.238. The summed E-state index contributed by atoms with van der Waals surface area (Å²) in [5.41, 5.74) is 0.238. The highest BCUT2D eigenvalue weighted by Crippen LogP contribution is 2.25. The van der Waals surface area contributed by atoms with E-state index in [1.807, 2.05) is 11.8 Å². The summed E-state index contributed by atoms with van der Waals surface area (Å²) in [6, 6.07) is 0.359. The Morgan fingerprint density at radius 3 is 2.83 bits per heavy atom. The first-order chi connectivity index (χ1) is 8.61. The number of morpholine rings is 1. The van der Waals surface area contributed by atoms with Gasteiger partial charge in [-0.05, 0) is 20.3 Å². The average molecular weight is 271 g/mol. The monoisotopic (exact) mass is 271 g/mol. The molecule has 0 saturated carbocycles. The number of aliphatic imine (C=N–C) groups is 1. The first-order valence-corrected chi connectivity index (χ1v) is 7.89. The summed E-state index contributed by atoms with van der Waals surface area (Å²) in [5.74, 6) is 1.13. The van der Waals surface area contributed by atoms with Crippen LogP contribution in [0.15, 0.2) is 4.99 Å². The van der Waals surface area contributed by atoms with E-state index in [1.165, 1.54) is 0 Å². The molecule has 0 aromatic carbocycles. The normalized spacial score (nSPS) is 33.6. The predicted octanol–water partition coefficient (Wildman–Crippen LogP) is 1.57. The molecule has 2 aliphatic rings. The van der Waals surface area contributed by atoms with Gasteiger partial charge in [0.25, 0.3) is 0 Å². The Balaban J connectivity index is 1.81. The van der Waals surface area contributed by atoms with Crippen LogP contribution in [-0.2, 0) is 4.74 Å². The van der Waals surface area contributed by atoms with Crippen LogP contribution in [0.5, 0.6) is 0 Å². The lowest BCUT2D eigenvalue weighted by Crippen LogP contribution is -2.41. The zero-order valence-electron chi connectivity index (χ0n) is 11.7. The van der Waals surface area contributed by atoms with Crippen molar-refractivity contribution in [2.45, 2.75) is 38.8 Å². The molecule has 0 amide bonds. The maximum Gasteiger partial charge on any atom is 0.157 e. The first kappa shape index (κ1) is 14.2. The van der Waals surface area contributed by atoms with E-state index in [0.29, 0.717) is 6.04 Å². The molecule has 2 atom stereocenters. The minimum Gasteiger partial charge on any atom is -0.379 e. The van der Waals surface area contributed by atoms with E-state index in [4.69, 9.17) is 9.73 Å². The molecule has 2 unspecified atom stereocenters. The molecule has 2 fully saturated rings. The highest BCUT2D eigenvalue weighted by molar-refractivity contribution is 8.14. The summed E-state index contributed by atoms with van der Waals surface area (Å²) < 4.78 is 5.36. The average Bonchev–Trinajstić information content (AvgIpc) is 2.73. The fraction of sp³-hybridized carbons (Fsp3) is 0.923. The number of ether oxygens (including phenoxy) is 1. The third-order valence-corrected chi connectivity index (χ3v) is 4.94. The Bertz CT molecular complexity index is 305. The second kappa shape index (κ2) is 6.26. The van der Waals surface area contributed by atoms with Gasteiger partial charge in [-0.1, -0.05) is 18.7 Å². The van der Waals surface area contributed by atoms with Crippen molar-refractivity contribution in [3.63, 3.8) is 0 Å². The van der Waals surface area contributed by atoms with Crippen LogP contribution in [0.4, 0.5) is 0 Å². The van der Waals surface area contributed by atoms with Crippen molar-refractivity contribution in [3.05, 3.63) is 0 Å². The van der Waals surface area contributed by atoms with Crippen molar-refractivity contribution in [2.24, 2.45) is 4.99 Å². The van der Waals surface area contributed by atoms with Gasteiger partial charge in [0, 0.05) is 30.9 Å². The van der Waals surface area contributed by atoms with E-state index in [1.54, 1.807) is 0 Å². The molecule has 0 aliphatic carbocycles. The van der Waals surface area contributed by atoms with Crippen molar-refractivity contribution >= 4 is 16.9 Å². The predicted molar refractivity (Wildman–Crippen MR) is 78.4 cm³/mol. The fourth-order valence-corrected chi connectivity index (χ4v) is 3.52. The minimum atomic E-state index is 0.238. The molecule has 2 rings (SSSR count). The Morgan fingerprint density at radius 2 is 2.22 bits per heavy atom. The van der Waals surface area contributed by atoms with Gasteiger partial charge >= 0.3 is 0 Å². The zero-order chi connectivity index (χ0) is 13.0. The van der Waals surface area contributed by atoms with E-state index >= 15 is 0 Å². The van der Waals surface area contributed by atoms with Gasteiger partial charge in [0.15, 0.2) is 5.17 Å². The van der Waals surface area contributed by atoms with Crippen molar-refractivity contribution in [1.82, 2.24) is 10.2 Å². The van der Waals surface area contributed by atoms with Crippen LogP contribution in [0.1, 0.15) is 27.2 Å². The van der Waals surface area contributed by atoms with Gasteiger partial charge in [-0.25, -0.2) is 0 Å². The summed E-state index contributed by atoms with van der Waals surface area (Å²) in [7, 11) is 0. The van der Waals surface area contributed by atoms with Gasteiger partial charge in [-0.2, -0.15) is 0 Å². The summed E-state index contributed by atoms with van der Waals surface area (Å²) in [6.07, 6.45) is 1.15. The van der Waals surface area contributed by atoms with Gasteiger partial charge in [0.2, 0.25) is 0 Å². The van der Waals surface area contributed by atoms with Crippen LogP contribution in [0.25, 0.3) is 0 Å². The van der Waals surface area contributed by atoms with Crippen LogP contribution in [0.3, 0.4) is 0 Å². The molecule has 0 aromatic rings. The Hall–Kier alpha value is -0.260. The van der Waals surface area contributed by atoms with Gasteiger partial charge < -0.3 is 10.1 Å². The van der Waals surface area contributed by atoms with E-state index in [0.717, 1.165) is 50.2 Å². The number of hydrogen-bond donors (Lipinski definition) is 1. The Morgan fingerprint density at radius 1 is 1.50 bits per heavy atom. The highest BCUT2D eigenvalue weighted by Gasteiger charge is 2.30. The summed E-state index contributed by atoms with van der Waals surface area (Å²) in [4.78, 5) is 7.24. The van der Waals surface area contributed by atoms with Crippen LogP contribution >= 0.6 is 11.8 Å². The van der Waals surface area contributed by atoms with Crippen molar-refractivity contribution < 1.29 is 4.74 Å². The lowest BCUT2D eigenvalue weighted by atomic mass is 10.0. The van der Waals surface area contributed by atoms with E-state index < -0.39 is 0 Å². The number of rotatable bonds is 4. The third kappa shape index (κ3) is 3.87. The largest absolute Gasteiger partial charge is 0.379 e. The summed E-state index contributed by atoms with van der Waals surface area (Å²) in [6.45, 7) is 11.6. The Kier molecular flexibility index (Phi) is 4.92. The maximum atomic E-state index is 5.36. The molecule has 0 bridgehead atoms. The highest BCUT2D eigenvalue weighted by atomic mass is 32.2. The quantitative estimate of drug-likeness (QED) is 0.842. The second-order valence-corrected chi connectivity index (χ2v) is 6.49. The van der Waals surface area contributed by atoms with Gasteiger partial charge in [-0.3, -0.25) is 9.89 Å². The summed E-state index contributed by atoms with van der Waals surface area (Å²) >= 11 is 1.86. The molecule has 2 heterocycles. The molecule has 104 valence electrons. The molecular weight excluding hydrogens is 246 g/mol. The molecule has 2 saturated heterocycles. The van der Waals surface area contributed by atoms with Crippen molar-refractivity contribution in [3.8, 4) is 0 Å². The van der Waals surface area contributed by atoms with Gasteiger partial charge in [0.05, 0.1) is 19.3 Å². The first-order valence-electron chi connectivity index (χ1n) is 6.90. The number of hydrogen-bond acceptors (Lipinski definition) is 4. The SMILES string of the molecule is CCC1(C)CSC(=NC(C)CN2CCOCC2)N1. The maximum absolute atomic E-state index is 5.36. The van der Waals surface area contributed by atoms with Crippen LogP contribution < -0.4 is 5.32 Å². The number of nitrogens with one attached hydrogen (secondary N) is 1. The lowest BCUT2D eigenvalue weighted by molar-refractivity contribution is 0.0361. The van der Waals surface area contributed by atoms with Crippen molar-refractivity contribution in [2.75, 3.05) is 38.6 Å². The Labute approximate surface area is 115 Å². The second-order valence-electron chi connectivity index (χ2n) is 5.52. The molecule has 0 aromatic heterocycles. The van der Waals surface area contributed by atoms with Crippen molar-refractivity contribution in [1.29, 1.82) is 0 Å². The molecule has 2 aliphatic heterocycles. The number of nitrogens with zero attached hydrogens (tertiary/aromatic N) is 2.